The molecule has 1 heterocycles. The van der Waals surface area contributed by atoms with Crippen LogP contribution in [0.2, 0.25) is 0 Å². The number of thiazole rings is 1. The first-order valence-electron chi connectivity index (χ1n) is 4.11. The fourth-order valence-electron chi connectivity index (χ4n) is 0.869. The van der Waals surface area contributed by atoms with Crippen molar-refractivity contribution in [1.82, 2.24) is 4.98 Å². The summed E-state index contributed by atoms with van der Waals surface area (Å²) in [6, 6.07) is 0. The Balaban J connectivity index is 2.90. The second-order valence-electron chi connectivity index (χ2n) is 2.82. The van der Waals surface area contributed by atoms with E-state index < -0.39 is 23.1 Å². The Morgan fingerprint density at radius 3 is 2.67 bits per heavy atom. The highest BCUT2D eigenvalue weighted by molar-refractivity contribution is 7.13. The number of carbonyl (C=O) groups excluding carboxylic acids is 1. The molecule has 3 nitrogen and oxygen atoms in total. The lowest BCUT2D eigenvalue weighted by molar-refractivity contribution is -0.137. The molecule has 15 heavy (non-hydrogen) atoms. The van der Waals surface area contributed by atoms with E-state index in [0.717, 1.165) is 6.20 Å². The molecule has 1 aromatic rings. The van der Waals surface area contributed by atoms with E-state index in [1.54, 1.807) is 6.92 Å². The molecule has 0 bridgehead atoms. The van der Waals surface area contributed by atoms with Gasteiger partial charge < -0.3 is 5.11 Å². The number of aliphatic hydroxyl groups excluding tert-OH is 1. The van der Waals surface area contributed by atoms with Crippen molar-refractivity contribution < 1.29 is 23.1 Å². The lowest BCUT2D eigenvalue weighted by Gasteiger charge is -2.03. The summed E-state index contributed by atoms with van der Waals surface area (Å²) in [5, 5.41) is 8.07. The summed E-state index contributed by atoms with van der Waals surface area (Å²) in [6.45, 7) is 1.56. The lowest BCUT2D eigenvalue weighted by Crippen LogP contribution is -2.17. The number of hydrogen-bond acceptors (Lipinski definition) is 4. The van der Waals surface area contributed by atoms with Crippen molar-refractivity contribution in [2.24, 2.45) is 0 Å². The minimum Gasteiger partial charge on any atom is -0.385 e. The molecule has 1 N–H and O–H groups in total. The SMILES string of the molecule is CCC(O)C(=O)c1cnc(C(F)(F)F)s1. The molecule has 0 fully saturated rings. The van der Waals surface area contributed by atoms with Crippen molar-refractivity contribution in [3.05, 3.63) is 16.1 Å². The third kappa shape index (κ3) is 2.75. The molecule has 0 spiro atoms. The molecule has 0 aliphatic carbocycles. The van der Waals surface area contributed by atoms with Gasteiger partial charge in [0.05, 0.1) is 4.88 Å². The van der Waals surface area contributed by atoms with Crippen LogP contribution in [0.5, 0.6) is 0 Å². The van der Waals surface area contributed by atoms with Crippen LogP contribution < -0.4 is 0 Å². The van der Waals surface area contributed by atoms with Gasteiger partial charge in [0.2, 0.25) is 5.78 Å². The summed E-state index contributed by atoms with van der Waals surface area (Å²) in [6.07, 6.45) is -4.79. The molecule has 84 valence electrons. The first-order valence-corrected chi connectivity index (χ1v) is 4.93. The van der Waals surface area contributed by atoms with E-state index in [4.69, 9.17) is 5.11 Å². The molecular weight excluding hydrogens is 231 g/mol. The minimum atomic E-state index is -4.54. The van der Waals surface area contributed by atoms with E-state index in [9.17, 15) is 18.0 Å². The third-order valence-electron chi connectivity index (χ3n) is 1.68. The van der Waals surface area contributed by atoms with Gasteiger partial charge in [-0.25, -0.2) is 4.98 Å². The topological polar surface area (TPSA) is 50.2 Å². The predicted octanol–water partition coefficient (Wildman–Crippen LogP) is 2.12. The van der Waals surface area contributed by atoms with E-state index >= 15 is 0 Å². The van der Waals surface area contributed by atoms with Gasteiger partial charge in [-0.15, -0.1) is 11.3 Å². The Morgan fingerprint density at radius 2 is 2.27 bits per heavy atom. The molecule has 0 aliphatic rings. The van der Waals surface area contributed by atoms with E-state index in [2.05, 4.69) is 4.98 Å². The number of Topliss-reactive ketones (excluding diaryl/α,β-unsaturated/α-hetero) is 1. The maximum atomic E-state index is 12.1. The summed E-state index contributed by atoms with van der Waals surface area (Å²) < 4.78 is 36.4. The largest absolute Gasteiger partial charge is 0.443 e. The standard InChI is InChI=1S/C8H8F3NO2S/c1-2-4(13)6(14)5-3-12-7(15-5)8(9,10)11/h3-4,13H,2H2,1H3. The highest BCUT2D eigenvalue weighted by Gasteiger charge is 2.35. The van der Waals surface area contributed by atoms with Crippen LogP contribution in [0.4, 0.5) is 13.2 Å². The van der Waals surface area contributed by atoms with Crippen LogP contribution in [0, 0.1) is 0 Å². The predicted molar refractivity (Wildman–Crippen MR) is 47.7 cm³/mol. The summed E-state index contributed by atoms with van der Waals surface area (Å²) in [4.78, 5) is 14.2. The maximum absolute atomic E-state index is 12.1. The normalized spacial score (nSPS) is 13.9. The molecule has 1 rings (SSSR count). The second kappa shape index (κ2) is 4.28. The zero-order chi connectivity index (χ0) is 11.6. The van der Waals surface area contributed by atoms with Gasteiger partial charge >= 0.3 is 6.18 Å². The van der Waals surface area contributed by atoms with Crippen LogP contribution in [0.1, 0.15) is 28.0 Å². The summed E-state index contributed by atoms with van der Waals surface area (Å²) in [7, 11) is 0. The zero-order valence-corrected chi connectivity index (χ0v) is 8.52. The molecule has 0 aromatic carbocycles. The molecular formula is C8H8F3NO2S. The van der Waals surface area contributed by atoms with Crippen LogP contribution in [0.3, 0.4) is 0 Å². The number of ketones is 1. The quantitative estimate of drug-likeness (QED) is 0.822. The summed E-state index contributed by atoms with van der Waals surface area (Å²) >= 11 is 0.246. The Bertz CT molecular complexity index is 361. The Kier molecular flexibility index (Phi) is 3.46. The molecule has 0 amide bonds. The monoisotopic (exact) mass is 239 g/mol. The van der Waals surface area contributed by atoms with E-state index in [0.29, 0.717) is 0 Å². The van der Waals surface area contributed by atoms with Gasteiger partial charge in [0.25, 0.3) is 0 Å². The number of nitrogens with zero attached hydrogens (tertiary/aromatic N) is 1. The number of aromatic nitrogens is 1. The molecule has 1 aromatic heterocycles. The van der Waals surface area contributed by atoms with Crippen LogP contribution in [0.25, 0.3) is 0 Å². The van der Waals surface area contributed by atoms with Gasteiger partial charge in [-0.1, -0.05) is 6.92 Å². The molecule has 0 aliphatic heterocycles. The van der Waals surface area contributed by atoms with E-state index in [-0.39, 0.29) is 22.6 Å². The molecule has 0 saturated heterocycles. The molecule has 7 heteroatoms. The van der Waals surface area contributed by atoms with Crippen LogP contribution >= 0.6 is 11.3 Å². The van der Waals surface area contributed by atoms with Gasteiger partial charge in [-0.3, -0.25) is 4.79 Å². The van der Waals surface area contributed by atoms with Gasteiger partial charge in [-0.2, -0.15) is 13.2 Å². The fraction of sp³-hybridized carbons (Fsp3) is 0.500. The zero-order valence-electron chi connectivity index (χ0n) is 7.71. The molecule has 0 radical (unpaired) electrons. The number of rotatable bonds is 3. The minimum absolute atomic E-state index is 0.165. The number of alkyl halides is 3. The van der Waals surface area contributed by atoms with Crippen molar-refractivity contribution in [1.29, 1.82) is 0 Å². The maximum Gasteiger partial charge on any atom is 0.443 e. The van der Waals surface area contributed by atoms with E-state index in [1.807, 2.05) is 0 Å². The third-order valence-corrected chi connectivity index (χ3v) is 2.74. The molecule has 1 atom stereocenters. The summed E-state index contributed by atoms with van der Waals surface area (Å²) in [5.74, 6) is -0.717. The summed E-state index contributed by atoms with van der Waals surface area (Å²) in [5.41, 5.74) is 0. The first kappa shape index (κ1) is 12.1. The lowest BCUT2D eigenvalue weighted by atomic mass is 10.2. The highest BCUT2D eigenvalue weighted by Crippen LogP contribution is 2.32. The fourth-order valence-corrected chi connectivity index (χ4v) is 1.64. The van der Waals surface area contributed by atoms with Crippen LogP contribution in [0.15, 0.2) is 6.20 Å². The molecule has 1 unspecified atom stereocenters. The smallest absolute Gasteiger partial charge is 0.385 e. The van der Waals surface area contributed by atoms with Gasteiger partial charge in [0.1, 0.15) is 6.10 Å². The molecule has 0 saturated carbocycles. The Morgan fingerprint density at radius 1 is 1.67 bits per heavy atom. The Labute approximate surface area is 87.6 Å². The average Bonchev–Trinajstić information content (AvgIpc) is 2.63. The second-order valence-corrected chi connectivity index (χ2v) is 3.85. The van der Waals surface area contributed by atoms with Crippen molar-refractivity contribution in [2.45, 2.75) is 25.6 Å². The van der Waals surface area contributed by atoms with Crippen molar-refractivity contribution in [2.75, 3.05) is 0 Å². The number of carbonyl (C=O) groups is 1. The van der Waals surface area contributed by atoms with Crippen molar-refractivity contribution >= 4 is 17.1 Å². The van der Waals surface area contributed by atoms with Crippen molar-refractivity contribution in [3.8, 4) is 0 Å². The average molecular weight is 239 g/mol. The number of aliphatic hydroxyl groups is 1. The highest BCUT2D eigenvalue weighted by atomic mass is 32.1. The van der Waals surface area contributed by atoms with Gasteiger partial charge in [-0.05, 0) is 6.42 Å². The van der Waals surface area contributed by atoms with E-state index in [1.165, 1.54) is 0 Å². The van der Waals surface area contributed by atoms with Crippen LogP contribution in [-0.2, 0) is 6.18 Å². The van der Waals surface area contributed by atoms with Crippen LogP contribution in [-0.4, -0.2) is 22.0 Å². The van der Waals surface area contributed by atoms with Crippen molar-refractivity contribution in [3.63, 3.8) is 0 Å². The van der Waals surface area contributed by atoms with Gasteiger partial charge in [0.15, 0.2) is 5.01 Å². The van der Waals surface area contributed by atoms with Gasteiger partial charge in [0, 0.05) is 6.20 Å². The number of hydrogen-bond donors (Lipinski definition) is 1. The number of halogens is 3. The Hall–Kier alpha value is -0.950. The first-order chi connectivity index (χ1) is 6.86.